The van der Waals surface area contributed by atoms with E-state index in [4.69, 9.17) is 0 Å². The van der Waals surface area contributed by atoms with Crippen molar-refractivity contribution in [3.05, 3.63) is 48.3 Å². The van der Waals surface area contributed by atoms with Crippen molar-refractivity contribution < 1.29 is 8.42 Å². The van der Waals surface area contributed by atoms with Gasteiger partial charge in [0.15, 0.2) is 0 Å². The topological polar surface area (TPSA) is 64.0 Å². The van der Waals surface area contributed by atoms with Gasteiger partial charge < -0.3 is 0 Å². The maximum atomic E-state index is 12.6. The second-order valence-corrected chi connectivity index (χ2v) is 9.04. The van der Waals surface area contributed by atoms with E-state index in [-0.39, 0.29) is 15.7 Å². The molecule has 130 valence electrons. The lowest BCUT2D eigenvalue weighted by molar-refractivity contribution is 0.483. The maximum absolute atomic E-state index is 12.6. The molecular weight excluding hydrogens is 322 g/mol. The quantitative estimate of drug-likeness (QED) is 0.837. The van der Waals surface area contributed by atoms with Crippen LogP contribution in [-0.2, 0) is 22.0 Å². The Morgan fingerprint density at radius 3 is 2.50 bits per heavy atom. The van der Waals surface area contributed by atoms with Gasteiger partial charge in [0.1, 0.15) is 4.90 Å². The number of sulfonamides is 1. The zero-order valence-corrected chi connectivity index (χ0v) is 15.3. The summed E-state index contributed by atoms with van der Waals surface area (Å²) in [5.41, 5.74) is 1.14. The third kappa shape index (κ3) is 3.00. The summed E-state index contributed by atoms with van der Waals surface area (Å²) in [5.74, 6) is 0. The van der Waals surface area contributed by atoms with Gasteiger partial charge >= 0.3 is 0 Å². The SMILES string of the molecule is CCCn1cc(S(=O)(=O)NC[C@@]2(c3ccccc3)CC2(C)C)cn1. The number of nitrogens with zero attached hydrogens (tertiary/aromatic N) is 2. The van der Waals surface area contributed by atoms with Crippen molar-refractivity contribution in [3.63, 3.8) is 0 Å². The van der Waals surface area contributed by atoms with Crippen LogP contribution in [0.1, 0.15) is 39.2 Å². The molecule has 1 fully saturated rings. The molecule has 6 heteroatoms. The Labute approximate surface area is 144 Å². The lowest BCUT2D eigenvalue weighted by Gasteiger charge is -2.21. The summed E-state index contributed by atoms with van der Waals surface area (Å²) in [7, 11) is -3.54. The maximum Gasteiger partial charge on any atom is 0.243 e. The van der Waals surface area contributed by atoms with E-state index in [1.807, 2.05) is 25.1 Å². The second kappa shape index (κ2) is 6.01. The van der Waals surface area contributed by atoms with Crippen molar-refractivity contribution in [3.8, 4) is 0 Å². The van der Waals surface area contributed by atoms with Crippen LogP contribution in [0, 0.1) is 5.41 Å². The van der Waals surface area contributed by atoms with Crippen LogP contribution in [0.4, 0.5) is 0 Å². The summed E-state index contributed by atoms with van der Waals surface area (Å²) in [4.78, 5) is 0.234. The second-order valence-electron chi connectivity index (χ2n) is 7.27. The Morgan fingerprint density at radius 1 is 1.25 bits per heavy atom. The molecule has 0 saturated heterocycles. The molecule has 0 bridgehead atoms. The molecule has 1 aliphatic rings. The molecule has 0 radical (unpaired) electrons. The Morgan fingerprint density at radius 2 is 1.92 bits per heavy atom. The predicted octanol–water partition coefficient (Wildman–Crippen LogP) is 2.94. The van der Waals surface area contributed by atoms with Crippen LogP contribution in [0.25, 0.3) is 0 Å². The number of nitrogens with one attached hydrogen (secondary N) is 1. The Bertz CT molecular complexity index is 812. The number of aryl methyl sites for hydroxylation is 1. The molecule has 0 amide bonds. The number of rotatable bonds is 7. The highest BCUT2D eigenvalue weighted by molar-refractivity contribution is 7.89. The van der Waals surface area contributed by atoms with Gasteiger partial charge in [-0.1, -0.05) is 51.1 Å². The van der Waals surface area contributed by atoms with Crippen LogP contribution in [0.2, 0.25) is 0 Å². The van der Waals surface area contributed by atoms with Gasteiger partial charge in [0, 0.05) is 24.7 Å². The van der Waals surface area contributed by atoms with Gasteiger partial charge in [0.05, 0.1) is 6.20 Å². The lowest BCUT2D eigenvalue weighted by Crippen LogP contribution is -2.34. The molecule has 2 aromatic rings. The van der Waals surface area contributed by atoms with Crippen molar-refractivity contribution >= 4 is 10.0 Å². The fraction of sp³-hybridized carbons (Fsp3) is 0.500. The lowest BCUT2D eigenvalue weighted by atomic mass is 9.88. The average Bonchev–Trinajstić information content (AvgIpc) is 2.88. The van der Waals surface area contributed by atoms with Gasteiger partial charge in [-0.15, -0.1) is 0 Å². The molecule has 0 unspecified atom stereocenters. The van der Waals surface area contributed by atoms with E-state index in [1.54, 1.807) is 10.9 Å². The van der Waals surface area contributed by atoms with E-state index in [2.05, 4.69) is 35.8 Å². The van der Waals surface area contributed by atoms with Crippen LogP contribution >= 0.6 is 0 Å². The van der Waals surface area contributed by atoms with Crippen molar-refractivity contribution in [2.45, 2.75) is 50.5 Å². The van der Waals surface area contributed by atoms with Crippen LogP contribution in [0.15, 0.2) is 47.6 Å². The van der Waals surface area contributed by atoms with Crippen molar-refractivity contribution in [2.75, 3.05) is 6.54 Å². The van der Waals surface area contributed by atoms with Crippen molar-refractivity contribution in [1.82, 2.24) is 14.5 Å². The molecule has 0 aliphatic heterocycles. The highest BCUT2D eigenvalue weighted by Gasteiger charge is 2.61. The summed E-state index contributed by atoms with van der Waals surface area (Å²) in [6.07, 6.45) is 4.91. The molecule has 1 aromatic carbocycles. The first-order chi connectivity index (χ1) is 11.3. The monoisotopic (exact) mass is 347 g/mol. The highest BCUT2D eigenvalue weighted by Crippen LogP contribution is 2.63. The third-order valence-corrected chi connectivity index (χ3v) is 6.53. The average molecular weight is 347 g/mol. The minimum atomic E-state index is -3.54. The first kappa shape index (κ1) is 17.2. The summed E-state index contributed by atoms with van der Waals surface area (Å²) >= 11 is 0. The Balaban J connectivity index is 1.78. The molecule has 1 atom stereocenters. The summed E-state index contributed by atoms with van der Waals surface area (Å²) in [6, 6.07) is 10.2. The molecule has 24 heavy (non-hydrogen) atoms. The molecule has 1 saturated carbocycles. The molecule has 1 aliphatic carbocycles. The molecule has 5 nitrogen and oxygen atoms in total. The highest BCUT2D eigenvalue weighted by atomic mass is 32.2. The van der Waals surface area contributed by atoms with Gasteiger partial charge in [0.25, 0.3) is 0 Å². The molecule has 1 N–H and O–H groups in total. The van der Waals surface area contributed by atoms with E-state index in [0.29, 0.717) is 6.54 Å². The zero-order chi connectivity index (χ0) is 17.4. The molecular formula is C18H25N3O2S. The van der Waals surface area contributed by atoms with E-state index >= 15 is 0 Å². The normalized spacial score (nSPS) is 22.5. The molecule has 3 rings (SSSR count). The van der Waals surface area contributed by atoms with Gasteiger partial charge in [-0.25, -0.2) is 13.1 Å². The number of hydrogen-bond acceptors (Lipinski definition) is 3. The van der Waals surface area contributed by atoms with E-state index in [1.165, 1.54) is 11.8 Å². The predicted molar refractivity (Wildman–Crippen MR) is 94.2 cm³/mol. The molecule has 1 heterocycles. The Kier molecular flexibility index (Phi) is 4.30. The standard InChI is InChI=1S/C18H25N3O2S/c1-4-10-21-12-16(11-19-21)24(22,23)20-14-18(13-17(18,2)3)15-8-6-5-7-9-15/h5-9,11-12,20H,4,10,13-14H2,1-3H3/t18-/m1/s1. The van der Waals surface area contributed by atoms with Crippen molar-refractivity contribution in [1.29, 1.82) is 0 Å². The number of hydrogen-bond donors (Lipinski definition) is 1. The summed E-state index contributed by atoms with van der Waals surface area (Å²) < 4.78 is 29.7. The first-order valence-corrected chi connectivity index (χ1v) is 9.87. The van der Waals surface area contributed by atoms with Gasteiger partial charge in [-0.2, -0.15) is 5.10 Å². The Hall–Kier alpha value is -1.66. The van der Waals surface area contributed by atoms with Crippen LogP contribution in [0.5, 0.6) is 0 Å². The first-order valence-electron chi connectivity index (χ1n) is 8.38. The molecule has 1 aromatic heterocycles. The van der Waals surface area contributed by atoms with E-state index in [0.717, 1.165) is 19.4 Å². The van der Waals surface area contributed by atoms with Crippen LogP contribution in [0.3, 0.4) is 0 Å². The van der Waals surface area contributed by atoms with E-state index < -0.39 is 10.0 Å². The van der Waals surface area contributed by atoms with Crippen molar-refractivity contribution in [2.24, 2.45) is 5.41 Å². The largest absolute Gasteiger partial charge is 0.271 e. The summed E-state index contributed by atoms with van der Waals surface area (Å²) in [6.45, 7) is 7.54. The summed E-state index contributed by atoms with van der Waals surface area (Å²) in [5, 5.41) is 4.12. The van der Waals surface area contributed by atoms with Crippen LogP contribution in [-0.4, -0.2) is 24.7 Å². The number of benzene rings is 1. The van der Waals surface area contributed by atoms with Crippen LogP contribution < -0.4 is 4.72 Å². The zero-order valence-electron chi connectivity index (χ0n) is 14.5. The molecule has 0 spiro atoms. The number of aromatic nitrogens is 2. The third-order valence-electron chi connectivity index (χ3n) is 5.18. The van der Waals surface area contributed by atoms with Gasteiger partial charge in [-0.05, 0) is 23.8 Å². The fourth-order valence-corrected chi connectivity index (χ4v) is 4.55. The minimum Gasteiger partial charge on any atom is -0.271 e. The fourth-order valence-electron chi connectivity index (χ4n) is 3.50. The van der Waals surface area contributed by atoms with Gasteiger partial charge in [-0.3, -0.25) is 4.68 Å². The smallest absolute Gasteiger partial charge is 0.243 e. The van der Waals surface area contributed by atoms with Gasteiger partial charge in [0.2, 0.25) is 10.0 Å². The minimum absolute atomic E-state index is 0.0866. The van der Waals surface area contributed by atoms with E-state index in [9.17, 15) is 8.42 Å².